The van der Waals surface area contributed by atoms with Crippen molar-refractivity contribution in [2.45, 2.75) is 13.8 Å². The fourth-order valence-corrected chi connectivity index (χ4v) is 2.46. The molecule has 0 atom stereocenters. The van der Waals surface area contributed by atoms with E-state index in [2.05, 4.69) is 30.1 Å². The van der Waals surface area contributed by atoms with E-state index >= 15 is 0 Å². The van der Waals surface area contributed by atoms with Gasteiger partial charge in [-0.25, -0.2) is 0 Å². The molecule has 1 N–H and O–H groups in total. The molecular formula is C15H24N2O2. The standard InChI is InChI=1S/C15H24N2O2/c1-12-10-13(2)15(14(11-12)18-3)19-9-8-17-6-4-16-5-7-17/h10-11,16H,4-9H2,1-3H3. The number of hydrogen-bond donors (Lipinski definition) is 1. The highest BCUT2D eigenvalue weighted by Gasteiger charge is 2.12. The summed E-state index contributed by atoms with van der Waals surface area (Å²) in [6.07, 6.45) is 0. The van der Waals surface area contributed by atoms with Gasteiger partial charge in [-0.05, 0) is 31.0 Å². The molecule has 1 aromatic carbocycles. The van der Waals surface area contributed by atoms with Crippen LogP contribution in [-0.2, 0) is 0 Å². The maximum absolute atomic E-state index is 5.93. The van der Waals surface area contributed by atoms with Gasteiger partial charge in [-0.1, -0.05) is 6.07 Å². The average molecular weight is 264 g/mol. The maximum Gasteiger partial charge on any atom is 0.164 e. The van der Waals surface area contributed by atoms with Gasteiger partial charge in [-0.2, -0.15) is 0 Å². The van der Waals surface area contributed by atoms with Crippen LogP contribution >= 0.6 is 0 Å². The van der Waals surface area contributed by atoms with Crippen LogP contribution in [-0.4, -0.2) is 51.3 Å². The predicted molar refractivity (Wildman–Crippen MR) is 77.3 cm³/mol. The zero-order valence-corrected chi connectivity index (χ0v) is 12.2. The summed E-state index contributed by atoms with van der Waals surface area (Å²) in [4.78, 5) is 2.42. The van der Waals surface area contributed by atoms with E-state index in [0.29, 0.717) is 6.61 Å². The quantitative estimate of drug-likeness (QED) is 0.876. The monoisotopic (exact) mass is 264 g/mol. The molecule has 0 saturated carbocycles. The van der Waals surface area contributed by atoms with Crippen molar-refractivity contribution in [2.75, 3.05) is 46.4 Å². The Labute approximate surface area is 115 Å². The van der Waals surface area contributed by atoms with Crippen LogP contribution in [0.15, 0.2) is 12.1 Å². The lowest BCUT2D eigenvalue weighted by molar-refractivity contribution is 0.187. The zero-order valence-electron chi connectivity index (χ0n) is 12.2. The van der Waals surface area contributed by atoms with Crippen LogP contribution in [0.4, 0.5) is 0 Å². The van der Waals surface area contributed by atoms with Crippen molar-refractivity contribution in [2.24, 2.45) is 0 Å². The van der Waals surface area contributed by atoms with Gasteiger partial charge in [-0.15, -0.1) is 0 Å². The van der Waals surface area contributed by atoms with Crippen LogP contribution in [0.1, 0.15) is 11.1 Å². The van der Waals surface area contributed by atoms with Gasteiger partial charge < -0.3 is 14.8 Å². The number of nitrogens with zero attached hydrogens (tertiary/aromatic N) is 1. The molecule has 106 valence electrons. The predicted octanol–water partition coefficient (Wildman–Crippen LogP) is 1.60. The van der Waals surface area contributed by atoms with Gasteiger partial charge in [-0.3, -0.25) is 4.90 Å². The van der Waals surface area contributed by atoms with Crippen LogP contribution in [0.3, 0.4) is 0 Å². The Hall–Kier alpha value is -1.26. The molecule has 0 amide bonds. The Morgan fingerprint density at radius 1 is 1.21 bits per heavy atom. The molecule has 2 rings (SSSR count). The zero-order chi connectivity index (χ0) is 13.7. The Kier molecular flexibility index (Phi) is 5.05. The Morgan fingerprint density at radius 3 is 2.63 bits per heavy atom. The normalized spacial score (nSPS) is 16.4. The molecule has 0 spiro atoms. The molecule has 4 nitrogen and oxygen atoms in total. The molecule has 0 unspecified atom stereocenters. The lowest BCUT2D eigenvalue weighted by Crippen LogP contribution is -2.44. The lowest BCUT2D eigenvalue weighted by Gasteiger charge is -2.27. The molecule has 0 aliphatic carbocycles. The van der Waals surface area contributed by atoms with Gasteiger partial charge in [0.25, 0.3) is 0 Å². The Balaban J connectivity index is 1.91. The van der Waals surface area contributed by atoms with Gasteiger partial charge in [0, 0.05) is 32.7 Å². The number of rotatable bonds is 5. The number of aryl methyl sites for hydroxylation is 2. The molecule has 1 aliphatic heterocycles. The first-order valence-corrected chi connectivity index (χ1v) is 6.92. The number of ether oxygens (including phenoxy) is 2. The van der Waals surface area contributed by atoms with E-state index in [0.717, 1.165) is 49.8 Å². The minimum atomic E-state index is 0.709. The molecule has 0 radical (unpaired) electrons. The number of hydrogen-bond acceptors (Lipinski definition) is 4. The van der Waals surface area contributed by atoms with Crippen LogP contribution in [0.2, 0.25) is 0 Å². The fourth-order valence-electron chi connectivity index (χ4n) is 2.46. The summed E-state index contributed by atoms with van der Waals surface area (Å²) in [6.45, 7) is 10.2. The van der Waals surface area contributed by atoms with Crippen molar-refractivity contribution in [3.8, 4) is 11.5 Å². The molecule has 1 heterocycles. The molecule has 1 saturated heterocycles. The second kappa shape index (κ2) is 6.78. The molecule has 1 aromatic rings. The van der Waals surface area contributed by atoms with Gasteiger partial charge >= 0.3 is 0 Å². The van der Waals surface area contributed by atoms with Crippen LogP contribution in [0.5, 0.6) is 11.5 Å². The Morgan fingerprint density at radius 2 is 1.95 bits per heavy atom. The first-order valence-electron chi connectivity index (χ1n) is 6.92. The van der Waals surface area contributed by atoms with Crippen molar-refractivity contribution in [1.29, 1.82) is 0 Å². The second-order valence-corrected chi connectivity index (χ2v) is 5.05. The SMILES string of the molecule is COc1cc(C)cc(C)c1OCCN1CCNCC1. The summed E-state index contributed by atoms with van der Waals surface area (Å²) in [6, 6.07) is 4.15. The molecular weight excluding hydrogens is 240 g/mol. The minimum absolute atomic E-state index is 0.709. The van der Waals surface area contributed by atoms with Crippen molar-refractivity contribution in [1.82, 2.24) is 10.2 Å². The molecule has 4 heteroatoms. The van der Waals surface area contributed by atoms with Gasteiger partial charge in [0.05, 0.1) is 7.11 Å². The van der Waals surface area contributed by atoms with E-state index in [1.54, 1.807) is 7.11 Å². The summed E-state index contributed by atoms with van der Waals surface area (Å²) in [5, 5.41) is 3.35. The van der Waals surface area contributed by atoms with Crippen molar-refractivity contribution >= 4 is 0 Å². The number of benzene rings is 1. The summed E-state index contributed by atoms with van der Waals surface area (Å²) >= 11 is 0. The summed E-state index contributed by atoms with van der Waals surface area (Å²) < 4.78 is 11.3. The third-order valence-electron chi connectivity index (χ3n) is 3.47. The van der Waals surface area contributed by atoms with E-state index in [-0.39, 0.29) is 0 Å². The molecule has 0 bridgehead atoms. The number of methoxy groups -OCH3 is 1. The number of nitrogens with one attached hydrogen (secondary N) is 1. The van der Waals surface area contributed by atoms with E-state index in [1.807, 2.05) is 6.07 Å². The summed E-state index contributed by atoms with van der Waals surface area (Å²) in [5.74, 6) is 1.71. The fraction of sp³-hybridized carbons (Fsp3) is 0.600. The van der Waals surface area contributed by atoms with Crippen LogP contribution in [0.25, 0.3) is 0 Å². The van der Waals surface area contributed by atoms with E-state index in [4.69, 9.17) is 9.47 Å². The number of piperazine rings is 1. The first kappa shape index (κ1) is 14.2. The minimum Gasteiger partial charge on any atom is -0.493 e. The second-order valence-electron chi connectivity index (χ2n) is 5.05. The van der Waals surface area contributed by atoms with Crippen LogP contribution < -0.4 is 14.8 Å². The molecule has 1 aliphatic rings. The van der Waals surface area contributed by atoms with Crippen molar-refractivity contribution in [3.63, 3.8) is 0 Å². The smallest absolute Gasteiger partial charge is 0.164 e. The van der Waals surface area contributed by atoms with E-state index in [9.17, 15) is 0 Å². The molecule has 1 fully saturated rings. The topological polar surface area (TPSA) is 33.7 Å². The highest BCUT2D eigenvalue weighted by atomic mass is 16.5. The van der Waals surface area contributed by atoms with Crippen molar-refractivity contribution < 1.29 is 9.47 Å². The average Bonchev–Trinajstić information content (AvgIpc) is 2.42. The van der Waals surface area contributed by atoms with Gasteiger partial charge in [0.15, 0.2) is 11.5 Å². The summed E-state index contributed by atoms with van der Waals surface area (Å²) in [5.41, 5.74) is 2.33. The third kappa shape index (κ3) is 3.85. The summed E-state index contributed by atoms with van der Waals surface area (Å²) in [7, 11) is 1.69. The van der Waals surface area contributed by atoms with Gasteiger partial charge in [0.2, 0.25) is 0 Å². The van der Waals surface area contributed by atoms with Crippen molar-refractivity contribution in [3.05, 3.63) is 23.3 Å². The third-order valence-corrected chi connectivity index (χ3v) is 3.47. The van der Waals surface area contributed by atoms with E-state index < -0.39 is 0 Å². The molecule has 19 heavy (non-hydrogen) atoms. The maximum atomic E-state index is 5.93. The first-order chi connectivity index (χ1) is 9.20. The Bertz CT molecular complexity index is 415. The van der Waals surface area contributed by atoms with Gasteiger partial charge in [0.1, 0.15) is 6.61 Å². The van der Waals surface area contributed by atoms with Crippen LogP contribution in [0, 0.1) is 13.8 Å². The highest BCUT2D eigenvalue weighted by molar-refractivity contribution is 5.48. The largest absolute Gasteiger partial charge is 0.493 e. The lowest BCUT2D eigenvalue weighted by atomic mass is 10.1. The van der Waals surface area contributed by atoms with E-state index in [1.165, 1.54) is 5.56 Å². The highest BCUT2D eigenvalue weighted by Crippen LogP contribution is 2.32. The molecule has 0 aromatic heterocycles.